The Morgan fingerprint density at radius 2 is 1.65 bits per heavy atom. The van der Waals surface area contributed by atoms with Crippen molar-refractivity contribution in [1.29, 1.82) is 0 Å². The lowest BCUT2D eigenvalue weighted by atomic mass is 9.94. The van der Waals surface area contributed by atoms with Crippen molar-refractivity contribution in [3.05, 3.63) is 54.6 Å². The number of rotatable bonds is 4. The molecule has 2 nitrogen and oxygen atoms in total. The number of carbonyl (C=O) groups excluding carboxylic acids is 1. The van der Waals surface area contributed by atoms with Gasteiger partial charge >= 0.3 is 0 Å². The highest BCUT2D eigenvalue weighted by Gasteiger charge is 2.27. The van der Waals surface area contributed by atoms with Gasteiger partial charge in [0.25, 0.3) is 0 Å². The van der Waals surface area contributed by atoms with Gasteiger partial charge in [-0.2, -0.15) is 0 Å². The van der Waals surface area contributed by atoms with Crippen molar-refractivity contribution in [2.45, 2.75) is 13.8 Å². The topological polar surface area (TPSA) is 29.1 Å². The van der Waals surface area contributed by atoms with E-state index in [4.69, 9.17) is 11.6 Å². The zero-order valence-corrected chi connectivity index (χ0v) is 12.4. The number of halogens is 1. The number of anilines is 1. The lowest BCUT2D eigenvalue weighted by molar-refractivity contribution is -0.122. The average molecular weight is 288 g/mol. The second-order valence-electron chi connectivity index (χ2n) is 5.38. The maximum Gasteiger partial charge on any atom is 0.231 e. The first-order chi connectivity index (χ1) is 9.54. The molecule has 0 aliphatic carbocycles. The van der Waals surface area contributed by atoms with Crippen molar-refractivity contribution in [3.63, 3.8) is 0 Å². The molecule has 1 N–H and O–H groups in total. The molecular formula is C17H18ClNO. The van der Waals surface area contributed by atoms with Gasteiger partial charge in [0.15, 0.2) is 0 Å². The van der Waals surface area contributed by atoms with E-state index in [1.807, 2.05) is 68.4 Å². The molecular weight excluding hydrogens is 270 g/mol. The van der Waals surface area contributed by atoms with Crippen LogP contribution in [0, 0.1) is 5.41 Å². The van der Waals surface area contributed by atoms with E-state index in [-0.39, 0.29) is 11.8 Å². The Morgan fingerprint density at radius 1 is 1.05 bits per heavy atom. The molecule has 0 fully saturated rings. The zero-order chi connectivity index (χ0) is 14.6. The van der Waals surface area contributed by atoms with Gasteiger partial charge in [-0.3, -0.25) is 4.79 Å². The molecule has 0 aliphatic heterocycles. The summed E-state index contributed by atoms with van der Waals surface area (Å²) in [4.78, 5) is 12.3. The van der Waals surface area contributed by atoms with Crippen LogP contribution < -0.4 is 5.32 Å². The van der Waals surface area contributed by atoms with Crippen LogP contribution in [0.5, 0.6) is 0 Å². The summed E-state index contributed by atoms with van der Waals surface area (Å²) in [5, 5.41) is 2.98. The second kappa shape index (κ2) is 6.10. The number of para-hydroxylation sites is 1. The van der Waals surface area contributed by atoms with Crippen LogP contribution in [-0.4, -0.2) is 11.8 Å². The summed E-state index contributed by atoms with van der Waals surface area (Å²) >= 11 is 5.85. The van der Waals surface area contributed by atoms with Crippen LogP contribution in [0.1, 0.15) is 13.8 Å². The molecule has 1 amide bonds. The average Bonchev–Trinajstić information content (AvgIpc) is 2.48. The van der Waals surface area contributed by atoms with Crippen LogP contribution in [0.3, 0.4) is 0 Å². The van der Waals surface area contributed by atoms with E-state index in [2.05, 4.69) is 5.32 Å². The minimum absolute atomic E-state index is 0.0733. The Bertz CT molecular complexity index is 593. The number of hydrogen-bond acceptors (Lipinski definition) is 1. The number of alkyl halides is 1. The molecule has 0 unspecified atom stereocenters. The molecule has 0 atom stereocenters. The zero-order valence-electron chi connectivity index (χ0n) is 11.7. The highest BCUT2D eigenvalue weighted by atomic mass is 35.5. The van der Waals surface area contributed by atoms with Crippen molar-refractivity contribution in [3.8, 4) is 11.1 Å². The summed E-state index contributed by atoms with van der Waals surface area (Å²) < 4.78 is 0. The van der Waals surface area contributed by atoms with Crippen LogP contribution in [0.25, 0.3) is 11.1 Å². The third-order valence-electron chi connectivity index (χ3n) is 3.21. The summed E-state index contributed by atoms with van der Waals surface area (Å²) in [5.41, 5.74) is 2.30. The lowest BCUT2D eigenvalue weighted by Crippen LogP contribution is -2.32. The quantitative estimate of drug-likeness (QED) is 0.821. The predicted molar refractivity (Wildman–Crippen MR) is 85.0 cm³/mol. The standard InChI is InChI=1S/C17H18ClNO/c1-17(2,12-18)16(20)19-15-11-7-6-10-14(15)13-8-4-3-5-9-13/h3-11H,12H2,1-2H3,(H,19,20). The molecule has 2 aromatic rings. The number of amides is 1. The first kappa shape index (κ1) is 14.6. The molecule has 0 heterocycles. The smallest absolute Gasteiger partial charge is 0.231 e. The number of benzene rings is 2. The number of nitrogens with one attached hydrogen (secondary N) is 1. The number of hydrogen-bond donors (Lipinski definition) is 1. The van der Waals surface area contributed by atoms with Crippen LogP contribution in [0.2, 0.25) is 0 Å². The van der Waals surface area contributed by atoms with Gasteiger partial charge in [-0.15, -0.1) is 11.6 Å². The molecule has 2 rings (SSSR count). The van der Waals surface area contributed by atoms with E-state index in [9.17, 15) is 4.79 Å². The highest BCUT2D eigenvalue weighted by Crippen LogP contribution is 2.29. The molecule has 20 heavy (non-hydrogen) atoms. The van der Waals surface area contributed by atoms with E-state index in [1.54, 1.807) is 0 Å². The third kappa shape index (κ3) is 3.20. The van der Waals surface area contributed by atoms with Crippen molar-refractivity contribution < 1.29 is 4.79 Å². The second-order valence-corrected chi connectivity index (χ2v) is 5.65. The van der Waals surface area contributed by atoms with Gasteiger partial charge in [0, 0.05) is 17.1 Å². The van der Waals surface area contributed by atoms with Gasteiger partial charge in [-0.25, -0.2) is 0 Å². The van der Waals surface area contributed by atoms with Gasteiger partial charge < -0.3 is 5.32 Å². The first-order valence-corrected chi connectivity index (χ1v) is 7.10. The molecule has 0 saturated carbocycles. The minimum Gasteiger partial charge on any atom is -0.325 e. The summed E-state index contributed by atoms with van der Waals surface area (Å²) in [6, 6.07) is 17.8. The maximum atomic E-state index is 12.3. The highest BCUT2D eigenvalue weighted by molar-refractivity contribution is 6.20. The fourth-order valence-corrected chi connectivity index (χ4v) is 1.94. The molecule has 2 aromatic carbocycles. The maximum absolute atomic E-state index is 12.3. The minimum atomic E-state index is -0.592. The molecule has 0 saturated heterocycles. The van der Waals surface area contributed by atoms with Crippen LogP contribution >= 0.6 is 11.6 Å². The fourth-order valence-electron chi connectivity index (χ4n) is 1.81. The van der Waals surface area contributed by atoms with E-state index in [0.717, 1.165) is 16.8 Å². The Hall–Kier alpha value is -1.80. The molecule has 0 aromatic heterocycles. The van der Waals surface area contributed by atoms with Crippen LogP contribution in [-0.2, 0) is 4.79 Å². The summed E-state index contributed by atoms with van der Waals surface area (Å²) in [6.45, 7) is 3.67. The molecule has 0 aliphatic rings. The number of carbonyl (C=O) groups is 1. The Morgan fingerprint density at radius 3 is 2.30 bits per heavy atom. The van der Waals surface area contributed by atoms with Gasteiger partial charge in [-0.05, 0) is 25.5 Å². The van der Waals surface area contributed by atoms with Crippen molar-refractivity contribution in [2.24, 2.45) is 5.41 Å². The molecule has 0 radical (unpaired) electrons. The predicted octanol–water partition coefficient (Wildman–Crippen LogP) is 4.56. The van der Waals surface area contributed by atoms with Crippen LogP contribution in [0.15, 0.2) is 54.6 Å². The fraction of sp³-hybridized carbons (Fsp3) is 0.235. The van der Waals surface area contributed by atoms with Gasteiger partial charge in [-0.1, -0.05) is 48.5 Å². The van der Waals surface area contributed by atoms with E-state index in [1.165, 1.54) is 0 Å². The monoisotopic (exact) mass is 287 g/mol. The Balaban J connectivity index is 2.33. The van der Waals surface area contributed by atoms with E-state index < -0.39 is 5.41 Å². The Labute approximate surface area is 124 Å². The molecule has 3 heteroatoms. The van der Waals surface area contributed by atoms with Gasteiger partial charge in [0.2, 0.25) is 5.91 Å². The van der Waals surface area contributed by atoms with E-state index in [0.29, 0.717) is 0 Å². The molecule has 104 valence electrons. The lowest BCUT2D eigenvalue weighted by Gasteiger charge is -2.21. The van der Waals surface area contributed by atoms with Crippen molar-refractivity contribution in [1.82, 2.24) is 0 Å². The first-order valence-electron chi connectivity index (χ1n) is 6.56. The Kier molecular flexibility index (Phi) is 4.46. The third-order valence-corrected chi connectivity index (χ3v) is 3.88. The summed E-state index contributed by atoms with van der Waals surface area (Å²) in [5.74, 6) is 0.211. The van der Waals surface area contributed by atoms with Crippen LogP contribution in [0.4, 0.5) is 5.69 Å². The molecule has 0 spiro atoms. The van der Waals surface area contributed by atoms with Crippen molar-refractivity contribution >= 4 is 23.2 Å². The van der Waals surface area contributed by atoms with E-state index >= 15 is 0 Å². The summed E-state index contributed by atoms with van der Waals surface area (Å²) in [6.07, 6.45) is 0. The summed E-state index contributed by atoms with van der Waals surface area (Å²) in [7, 11) is 0. The van der Waals surface area contributed by atoms with Crippen molar-refractivity contribution in [2.75, 3.05) is 11.2 Å². The largest absolute Gasteiger partial charge is 0.325 e. The van der Waals surface area contributed by atoms with Gasteiger partial charge in [0.05, 0.1) is 5.41 Å². The normalized spacial score (nSPS) is 11.2. The van der Waals surface area contributed by atoms with Gasteiger partial charge in [0.1, 0.15) is 0 Å². The SMILES string of the molecule is CC(C)(CCl)C(=O)Nc1ccccc1-c1ccccc1. The molecule has 0 bridgehead atoms.